The van der Waals surface area contributed by atoms with E-state index in [1.54, 1.807) is 26.1 Å². The summed E-state index contributed by atoms with van der Waals surface area (Å²) in [5.74, 6) is 0.418. The lowest BCUT2D eigenvalue weighted by molar-refractivity contribution is -0.135. The van der Waals surface area contributed by atoms with E-state index in [0.29, 0.717) is 24.5 Å². The summed E-state index contributed by atoms with van der Waals surface area (Å²) in [6, 6.07) is 26.9. The number of aliphatic hydroxyl groups excluding tert-OH is 1. The van der Waals surface area contributed by atoms with Crippen molar-refractivity contribution < 1.29 is 14.6 Å². The fourth-order valence-electron chi connectivity index (χ4n) is 3.77. The number of pyridine rings is 1. The lowest BCUT2D eigenvalue weighted by Gasteiger charge is -2.30. The molecule has 0 aliphatic carbocycles. The van der Waals surface area contributed by atoms with Crippen LogP contribution in [0.5, 0.6) is 5.75 Å². The highest BCUT2D eigenvalue weighted by atomic mass is 16.5. The molecule has 4 aromatic rings. The third kappa shape index (κ3) is 5.21. The Balaban J connectivity index is 1.43. The first-order valence-corrected chi connectivity index (χ1v) is 11.0. The number of para-hydroxylation sites is 1. The maximum atomic E-state index is 13.1. The maximum Gasteiger partial charge on any atom is 0.228 e. The summed E-state index contributed by atoms with van der Waals surface area (Å²) in [6.07, 6.45) is 0.747. The highest BCUT2D eigenvalue weighted by molar-refractivity contribution is 5.85. The minimum atomic E-state index is -1.04. The zero-order valence-electron chi connectivity index (χ0n) is 18.9. The summed E-state index contributed by atoms with van der Waals surface area (Å²) in [5.41, 5.74) is 2.52. The average molecular weight is 441 g/mol. The second-order valence-electron chi connectivity index (χ2n) is 8.64. The van der Waals surface area contributed by atoms with Crippen LogP contribution in [0.3, 0.4) is 0 Å². The standard InChI is InChI=1S/C28H28N2O3/c1-28(2,27(32)30-18-22-15-16-29-25-14-7-6-13-24(22)25)26(31)21-11-8-12-23(17-21)33-19-20-9-4-3-5-10-20/h3-17,26,31H,18-19H2,1-2H3,(H,30,32)/t26-/m0/s1. The first kappa shape index (κ1) is 22.5. The molecule has 0 saturated carbocycles. The molecule has 0 bridgehead atoms. The van der Waals surface area contributed by atoms with Crippen molar-refractivity contribution in [3.05, 3.63) is 108 Å². The third-order valence-corrected chi connectivity index (χ3v) is 5.87. The SMILES string of the molecule is CC(C)(C(=O)NCc1ccnc2ccccc12)[C@@H](O)c1cccc(OCc2ccccc2)c1. The monoisotopic (exact) mass is 440 g/mol. The van der Waals surface area contributed by atoms with Gasteiger partial charge in [-0.25, -0.2) is 0 Å². The zero-order valence-corrected chi connectivity index (χ0v) is 18.9. The number of amides is 1. The van der Waals surface area contributed by atoms with Crippen molar-refractivity contribution in [3.63, 3.8) is 0 Å². The van der Waals surface area contributed by atoms with Gasteiger partial charge in [-0.05, 0) is 54.8 Å². The van der Waals surface area contributed by atoms with E-state index in [1.807, 2.05) is 78.9 Å². The van der Waals surface area contributed by atoms with Crippen LogP contribution in [-0.4, -0.2) is 16.0 Å². The van der Waals surface area contributed by atoms with Crippen LogP contribution in [0.15, 0.2) is 91.1 Å². The Morgan fingerprint density at radius 1 is 1.00 bits per heavy atom. The Morgan fingerprint density at radius 2 is 1.76 bits per heavy atom. The predicted molar refractivity (Wildman–Crippen MR) is 130 cm³/mol. The van der Waals surface area contributed by atoms with Gasteiger partial charge in [0.15, 0.2) is 0 Å². The number of hydrogen-bond acceptors (Lipinski definition) is 4. The Kier molecular flexibility index (Phi) is 6.71. The molecule has 1 aromatic heterocycles. The Bertz CT molecular complexity index is 1230. The fraction of sp³-hybridized carbons (Fsp3) is 0.214. The van der Waals surface area contributed by atoms with Crippen LogP contribution < -0.4 is 10.1 Å². The zero-order chi connectivity index (χ0) is 23.3. The number of carbonyl (C=O) groups excluding carboxylic acids is 1. The van der Waals surface area contributed by atoms with Gasteiger partial charge in [-0.3, -0.25) is 9.78 Å². The average Bonchev–Trinajstić information content (AvgIpc) is 2.86. The smallest absolute Gasteiger partial charge is 0.228 e. The largest absolute Gasteiger partial charge is 0.489 e. The van der Waals surface area contributed by atoms with Crippen LogP contribution in [-0.2, 0) is 17.9 Å². The molecule has 2 N–H and O–H groups in total. The van der Waals surface area contributed by atoms with Gasteiger partial charge in [0.2, 0.25) is 5.91 Å². The van der Waals surface area contributed by atoms with E-state index in [-0.39, 0.29) is 5.91 Å². The molecule has 1 atom stereocenters. The summed E-state index contributed by atoms with van der Waals surface area (Å²) >= 11 is 0. The Hall–Kier alpha value is -3.70. The Labute approximate surface area is 194 Å². The molecule has 33 heavy (non-hydrogen) atoms. The first-order chi connectivity index (χ1) is 15.9. The lowest BCUT2D eigenvalue weighted by Crippen LogP contribution is -2.40. The topological polar surface area (TPSA) is 71.5 Å². The van der Waals surface area contributed by atoms with E-state index >= 15 is 0 Å². The summed E-state index contributed by atoms with van der Waals surface area (Å²) in [4.78, 5) is 17.4. The first-order valence-electron chi connectivity index (χ1n) is 11.0. The quantitative estimate of drug-likeness (QED) is 0.396. The van der Waals surface area contributed by atoms with Gasteiger partial charge >= 0.3 is 0 Å². The van der Waals surface area contributed by atoms with Crippen molar-refractivity contribution in [2.75, 3.05) is 0 Å². The number of nitrogens with one attached hydrogen (secondary N) is 1. The van der Waals surface area contributed by atoms with Gasteiger partial charge in [0, 0.05) is 18.1 Å². The summed E-state index contributed by atoms with van der Waals surface area (Å²) in [5, 5.41) is 15.1. The number of fused-ring (bicyclic) bond motifs is 1. The van der Waals surface area contributed by atoms with E-state index in [0.717, 1.165) is 22.0 Å². The Morgan fingerprint density at radius 3 is 2.58 bits per heavy atom. The molecular formula is C28H28N2O3. The van der Waals surface area contributed by atoms with E-state index in [9.17, 15) is 9.90 Å². The fourth-order valence-corrected chi connectivity index (χ4v) is 3.77. The van der Waals surface area contributed by atoms with Gasteiger partial charge < -0.3 is 15.2 Å². The highest BCUT2D eigenvalue weighted by Gasteiger charge is 2.36. The number of aromatic nitrogens is 1. The van der Waals surface area contributed by atoms with Gasteiger partial charge in [0.1, 0.15) is 12.4 Å². The van der Waals surface area contributed by atoms with E-state index in [2.05, 4.69) is 10.3 Å². The molecule has 3 aromatic carbocycles. The number of aliphatic hydroxyl groups is 1. The molecule has 0 radical (unpaired) electrons. The van der Waals surface area contributed by atoms with E-state index in [1.165, 1.54) is 0 Å². The van der Waals surface area contributed by atoms with Crippen molar-refractivity contribution in [1.29, 1.82) is 0 Å². The van der Waals surface area contributed by atoms with Gasteiger partial charge in [-0.1, -0.05) is 60.7 Å². The van der Waals surface area contributed by atoms with Gasteiger partial charge in [0.25, 0.3) is 0 Å². The number of carbonyl (C=O) groups is 1. The van der Waals surface area contributed by atoms with E-state index in [4.69, 9.17) is 4.74 Å². The third-order valence-electron chi connectivity index (χ3n) is 5.87. The van der Waals surface area contributed by atoms with Crippen LogP contribution in [0.4, 0.5) is 0 Å². The van der Waals surface area contributed by atoms with Crippen LogP contribution in [0.1, 0.15) is 36.6 Å². The number of benzene rings is 3. The molecule has 0 saturated heterocycles. The normalized spacial score (nSPS) is 12.3. The summed E-state index contributed by atoms with van der Waals surface area (Å²) in [6.45, 7) is 4.28. The summed E-state index contributed by atoms with van der Waals surface area (Å²) < 4.78 is 5.88. The molecule has 4 rings (SSSR count). The molecule has 168 valence electrons. The number of hydrogen-bond donors (Lipinski definition) is 2. The summed E-state index contributed by atoms with van der Waals surface area (Å²) in [7, 11) is 0. The molecule has 0 spiro atoms. The molecular weight excluding hydrogens is 412 g/mol. The van der Waals surface area contributed by atoms with Gasteiger partial charge in [0.05, 0.1) is 17.0 Å². The van der Waals surface area contributed by atoms with Gasteiger partial charge in [-0.2, -0.15) is 0 Å². The molecule has 1 heterocycles. The second-order valence-corrected chi connectivity index (χ2v) is 8.64. The molecule has 0 fully saturated rings. The second kappa shape index (κ2) is 9.84. The van der Waals surface area contributed by atoms with Crippen LogP contribution >= 0.6 is 0 Å². The molecule has 0 aliphatic rings. The van der Waals surface area contributed by atoms with Crippen molar-refractivity contribution in [1.82, 2.24) is 10.3 Å². The molecule has 0 aliphatic heterocycles. The molecule has 5 nitrogen and oxygen atoms in total. The van der Waals surface area contributed by atoms with Crippen LogP contribution in [0, 0.1) is 5.41 Å². The van der Waals surface area contributed by atoms with Crippen LogP contribution in [0.25, 0.3) is 10.9 Å². The maximum absolute atomic E-state index is 13.1. The number of rotatable bonds is 8. The van der Waals surface area contributed by atoms with Crippen molar-refractivity contribution >= 4 is 16.8 Å². The van der Waals surface area contributed by atoms with Crippen molar-refractivity contribution in [2.45, 2.75) is 33.1 Å². The minimum Gasteiger partial charge on any atom is -0.489 e. The number of nitrogens with zero attached hydrogens (tertiary/aromatic N) is 1. The predicted octanol–water partition coefficient (Wildman–Crippen LogP) is 5.19. The molecule has 5 heteroatoms. The number of ether oxygens (including phenoxy) is 1. The molecule has 1 amide bonds. The lowest BCUT2D eigenvalue weighted by atomic mass is 9.81. The molecule has 0 unspecified atom stereocenters. The highest BCUT2D eigenvalue weighted by Crippen LogP contribution is 2.35. The van der Waals surface area contributed by atoms with Gasteiger partial charge in [-0.15, -0.1) is 0 Å². The minimum absolute atomic E-state index is 0.230. The van der Waals surface area contributed by atoms with Crippen molar-refractivity contribution in [3.8, 4) is 5.75 Å². The van der Waals surface area contributed by atoms with E-state index < -0.39 is 11.5 Å². The van der Waals surface area contributed by atoms with Crippen LogP contribution in [0.2, 0.25) is 0 Å². The van der Waals surface area contributed by atoms with Crippen molar-refractivity contribution in [2.24, 2.45) is 5.41 Å².